The summed E-state index contributed by atoms with van der Waals surface area (Å²) in [5.74, 6) is 2.62. The van der Waals surface area contributed by atoms with Crippen LogP contribution in [0.4, 0.5) is 0 Å². The maximum Gasteiger partial charge on any atom is 0.196 e. The van der Waals surface area contributed by atoms with Gasteiger partial charge in [-0.15, -0.1) is 0 Å². The lowest BCUT2D eigenvalue weighted by atomic mass is 9.93. The molecule has 0 spiro atoms. The average molecular weight is 380 g/mol. The number of rotatable bonds is 2. The van der Waals surface area contributed by atoms with Crippen molar-refractivity contribution < 1.29 is 13.3 Å². The summed E-state index contributed by atoms with van der Waals surface area (Å²) in [6, 6.07) is 0. The minimum atomic E-state index is 0. The number of oxazole rings is 3. The van der Waals surface area contributed by atoms with Gasteiger partial charge in [-0.05, 0) is 0 Å². The fourth-order valence-electron chi connectivity index (χ4n) is 1.61. The molecule has 0 unspecified atom stereocenters. The zero-order valence-electron chi connectivity index (χ0n) is 16.2. The van der Waals surface area contributed by atoms with Gasteiger partial charge in [-0.25, -0.2) is 15.0 Å². The molecule has 0 aliphatic rings. The summed E-state index contributed by atoms with van der Waals surface area (Å²) in [6.45, 7) is 14.5. The molecule has 3 aromatic heterocycles. The summed E-state index contributed by atoms with van der Waals surface area (Å²) in [4.78, 5) is 11.7. The molecule has 27 heavy (non-hydrogen) atoms. The lowest BCUT2D eigenvalue weighted by molar-refractivity contribution is 0.471. The highest BCUT2D eigenvalue weighted by atomic mass is 16.3. The molecule has 0 saturated heterocycles. The van der Waals surface area contributed by atoms with Crippen LogP contribution in [0.1, 0.15) is 92.5 Å². The van der Waals surface area contributed by atoms with E-state index in [1.807, 2.05) is 13.8 Å². The first-order valence-electron chi connectivity index (χ1n) is 8.38. The van der Waals surface area contributed by atoms with Crippen molar-refractivity contribution in [2.45, 2.75) is 80.6 Å². The van der Waals surface area contributed by atoms with Crippen LogP contribution in [0, 0.1) is 0 Å². The third-order valence-electron chi connectivity index (χ3n) is 3.17. The molecular weight excluding hydrogens is 342 g/mol. The van der Waals surface area contributed by atoms with E-state index in [1.165, 1.54) is 12.8 Å². The first kappa shape index (κ1) is 26.9. The van der Waals surface area contributed by atoms with Crippen molar-refractivity contribution in [3.63, 3.8) is 0 Å². The van der Waals surface area contributed by atoms with Gasteiger partial charge >= 0.3 is 0 Å². The Kier molecular flexibility index (Phi) is 12.8. The second-order valence-corrected chi connectivity index (χ2v) is 7.21. The van der Waals surface area contributed by atoms with Crippen molar-refractivity contribution in [2.75, 3.05) is 0 Å². The van der Waals surface area contributed by atoms with Gasteiger partial charge in [0.15, 0.2) is 18.7 Å². The van der Waals surface area contributed by atoms with Crippen molar-refractivity contribution in [2.24, 2.45) is 0 Å². The van der Waals surface area contributed by atoms with E-state index in [2.05, 4.69) is 49.6 Å². The van der Waals surface area contributed by atoms with Crippen LogP contribution in [-0.2, 0) is 5.41 Å². The van der Waals surface area contributed by atoms with Crippen molar-refractivity contribution in [1.29, 1.82) is 0 Å². The maximum atomic E-state index is 4.98. The van der Waals surface area contributed by atoms with E-state index in [0.29, 0.717) is 11.8 Å². The number of hydrogen-bond donors (Lipinski definition) is 0. The Labute approximate surface area is 164 Å². The molecule has 154 valence electrons. The van der Waals surface area contributed by atoms with E-state index in [9.17, 15) is 0 Å². The summed E-state index contributed by atoms with van der Waals surface area (Å²) in [7, 11) is 0. The molecule has 0 bridgehead atoms. The van der Waals surface area contributed by atoms with Gasteiger partial charge in [0.05, 0.1) is 18.1 Å². The van der Waals surface area contributed by atoms with Crippen molar-refractivity contribution >= 4 is 0 Å². The second-order valence-electron chi connectivity index (χ2n) is 7.21. The predicted molar refractivity (Wildman–Crippen MR) is 110 cm³/mol. The minimum absolute atomic E-state index is 0. The highest BCUT2D eigenvalue weighted by Gasteiger charge is 2.15. The Hall–Kier alpha value is -2.37. The first-order chi connectivity index (χ1) is 11.7. The molecule has 0 saturated carbocycles. The van der Waals surface area contributed by atoms with E-state index in [1.54, 1.807) is 24.9 Å². The van der Waals surface area contributed by atoms with Gasteiger partial charge in [0, 0.05) is 17.3 Å². The SMILES string of the molecule is C.C.CC(C)(C)c1cocn1.CC(C)c1cnco1.CC(C)c1ncco1. The van der Waals surface area contributed by atoms with Crippen LogP contribution in [-0.4, -0.2) is 15.0 Å². The summed E-state index contributed by atoms with van der Waals surface area (Å²) < 4.78 is 14.8. The molecule has 0 amide bonds. The highest BCUT2D eigenvalue weighted by Crippen LogP contribution is 2.18. The van der Waals surface area contributed by atoms with Gasteiger partial charge in [-0.2, -0.15) is 0 Å². The van der Waals surface area contributed by atoms with Crippen LogP contribution in [0.3, 0.4) is 0 Å². The Morgan fingerprint density at radius 3 is 1.78 bits per heavy atom. The number of nitrogens with zero attached hydrogens (tertiary/aromatic N) is 3. The summed E-state index contributed by atoms with van der Waals surface area (Å²) in [5.41, 5.74) is 1.12. The first-order valence-corrected chi connectivity index (χ1v) is 8.38. The largest absolute Gasteiger partial charge is 0.451 e. The minimum Gasteiger partial charge on any atom is -0.451 e. The quantitative estimate of drug-likeness (QED) is 0.485. The molecule has 6 nitrogen and oxygen atoms in total. The molecular formula is C21H37N3O3. The second kappa shape index (κ2) is 12.9. The lowest BCUT2D eigenvalue weighted by Gasteiger charge is -2.12. The molecule has 0 atom stereocenters. The van der Waals surface area contributed by atoms with E-state index in [0.717, 1.165) is 17.3 Å². The molecule has 0 fully saturated rings. The Morgan fingerprint density at radius 1 is 0.889 bits per heavy atom. The summed E-state index contributed by atoms with van der Waals surface area (Å²) >= 11 is 0. The van der Waals surface area contributed by atoms with Crippen LogP contribution >= 0.6 is 0 Å². The fourth-order valence-corrected chi connectivity index (χ4v) is 1.61. The molecule has 3 aromatic rings. The highest BCUT2D eigenvalue weighted by molar-refractivity contribution is 5.05. The Bertz CT molecular complexity index is 612. The monoisotopic (exact) mass is 379 g/mol. The molecule has 6 heteroatoms. The van der Waals surface area contributed by atoms with E-state index in [-0.39, 0.29) is 20.3 Å². The third kappa shape index (κ3) is 10.4. The van der Waals surface area contributed by atoms with Crippen LogP contribution in [0.2, 0.25) is 0 Å². The maximum absolute atomic E-state index is 4.98. The van der Waals surface area contributed by atoms with Gasteiger partial charge in [0.25, 0.3) is 0 Å². The van der Waals surface area contributed by atoms with Crippen LogP contribution in [0.15, 0.2) is 51.0 Å². The molecule has 0 N–H and O–H groups in total. The summed E-state index contributed by atoms with van der Waals surface area (Å²) in [6.07, 6.45) is 9.59. The molecule has 0 aliphatic carbocycles. The van der Waals surface area contributed by atoms with Gasteiger partial charge in [0.1, 0.15) is 18.3 Å². The van der Waals surface area contributed by atoms with E-state index in [4.69, 9.17) is 13.3 Å². The fraction of sp³-hybridized carbons (Fsp3) is 0.571. The van der Waals surface area contributed by atoms with E-state index < -0.39 is 0 Å². The van der Waals surface area contributed by atoms with Crippen LogP contribution < -0.4 is 0 Å². The number of aromatic nitrogens is 3. The smallest absolute Gasteiger partial charge is 0.196 e. The third-order valence-corrected chi connectivity index (χ3v) is 3.17. The van der Waals surface area contributed by atoms with Crippen molar-refractivity contribution in [3.05, 3.63) is 55.1 Å². The van der Waals surface area contributed by atoms with Crippen molar-refractivity contribution in [1.82, 2.24) is 15.0 Å². The standard InChI is InChI=1S/C7H11NO.2C6H9NO.2CH4/c1-7(2,3)6-4-9-5-8-6;1-5(2)6-3-7-4-8-6;1-5(2)6-7-3-4-8-6;;/h4-5H,1-3H3;2*3-5H,1-2H3;2*1H4. The van der Waals surface area contributed by atoms with Crippen LogP contribution in [0.25, 0.3) is 0 Å². The molecule has 3 heterocycles. The molecule has 3 rings (SSSR count). The molecule has 0 aromatic carbocycles. The normalized spacial score (nSPS) is 10.1. The predicted octanol–water partition coefficient (Wildman–Crippen LogP) is 6.84. The Balaban J connectivity index is 0. The Morgan fingerprint density at radius 2 is 1.56 bits per heavy atom. The number of hydrogen-bond acceptors (Lipinski definition) is 6. The topological polar surface area (TPSA) is 78.1 Å². The zero-order valence-corrected chi connectivity index (χ0v) is 16.2. The van der Waals surface area contributed by atoms with Gasteiger partial charge in [0.2, 0.25) is 0 Å². The average Bonchev–Trinajstić information content (AvgIpc) is 3.28. The molecule has 0 radical (unpaired) electrons. The summed E-state index contributed by atoms with van der Waals surface area (Å²) in [5, 5.41) is 0. The zero-order chi connectivity index (χ0) is 18.9. The molecule has 0 aliphatic heterocycles. The van der Waals surface area contributed by atoms with Crippen molar-refractivity contribution in [3.8, 4) is 0 Å². The van der Waals surface area contributed by atoms with Gasteiger partial charge in [-0.3, -0.25) is 0 Å². The van der Waals surface area contributed by atoms with Crippen LogP contribution in [0.5, 0.6) is 0 Å². The van der Waals surface area contributed by atoms with Gasteiger partial charge in [-0.1, -0.05) is 63.3 Å². The van der Waals surface area contributed by atoms with Gasteiger partial charge < -0.3 is 13.3 Å². The lowest BCUT2D eigenvalue weighted by Crippen LogP contribution is -2.10. The van der Waals surface area contributed by atoms with E-state index >= 15 is 0 Å².